The average molecular weight is 859 g/mol. The normalized spacial score (nSPS) is 13.2. The number of benzene rings is 6. The van der Waals surface area contributed by atoms with E-state index in [1.807, 2.05) is 35.2 Å². The summed E-state index contributed by atoms with van der Waals surface area (Å²) in [6.45, 7) is 1.35. The van der Waals surface area contributed by atoms with Gasteiger partial charge in [-0.2, -0.15) is 0 Å². The number of carboxylic acids is 2. The van der Waals surface area contributed by atoms with E-state index >= 15 is 0 Å². The number of hydrogen-bond donors (Lipinski definition) is 2. The second-order valence-corrected chi connectivity index (χ2v) is 15.1. The Kier molecular flexibility index (Phi) is 10.1. The first-order chi connectivity index (χ1) is 31.1. The maximum absolute atomic E-state index is 14.2. The van der Waals surface area contributed by atoms with E-state index in [1.165, 1.54) is 60.7 Å². The molecular formula is C49H33F3N6O6. The van der Waals surface area contributed by atoms with Gasteiger partial charge in [-0.1, -0.05) is 24.3 Å². The van der Waals surface area contributed by atoms with Crippen molar-refractivity contribution < 1.29 is 42.1 Å². The van der Waals surface area contributed by atoms with Crippen molar-refractivity contribution >= 4 is 68.0 Å². The molecule has 0 amide bonds. The summed E-state index contributed by atoms with van der Waals surface area (Å²) >= 11 is 0. The van der Waals surface area contributed by atoms with Gasteiger partial charge >= 0.3 is 11.9 Å². The highest BCUT2D eigenvalue weighted by atomic mass is 19.1. The van der Waals surface area contributed by atoms with Crippen LogP contribution in [0.25, 0.3) is 55.7 Å². The number of fused-ring (bicyclic) bond motifs is 5. The molecule has 3 aromatic heterocycles. The Morgan fingerprint density at radius 1 is 0.578 bits per heavy atom. The Morgan fingerprint density at radius 2 is 1.19 bits per heavy atom. The van der Waals surface area contributed by atoms with Gasteiger partial charge in [0.2, 0.25) is 0 Å². The SMILES string of the molecule is O=C(O)c1ccc2nc(-c3cc4ccccc4o3)c(N3CCCc4ccc(F)cc43)nc2c1.O=C(O)c1ccc2nc(-c3ccc(F)cc3)c(N3CCOc4ccc(F)cc43)nc2c1. The van der Waals surface area contributed by atoms with Crippen LogP contribution in [0.3, 0.4) is 0 Å². The van der Waals surface area contributed by atoms with E-state index in [0.29, 0.717) is 87.5 Å². The van der Waals surface area contributed by atoms with E-state index in [0.717, 1.165) is 35.1 Å². The van der Waals surface area contributed by atoms with Gasteiger partial charge in [0.15, 0.2) is 17.4 Å². The third-order valence-corrected chi connectivity index (χ3v) is 11.0. The fourth-order valence-electron chi connectivity index (χ4n) is 7.98. The molecule has 6 aromatic carbocycles. The fourth-order valence-corrected chi connectivity index (χ4v) is 7.98. The number of para-hydroxylation sites is 1. The molecule has 15 heteroatoms. The van der Waals surface area contributed by atoms with Gasteiger partial charge in [-0.05, 0) is 115 Å². The number of aromatic carboxylic acids is 2. The Balaban J connectivity index is 0.000000152. The molecule has 12 nitrogen and oxygen atoms in total. The number of hydrogen-bond acceptors (Lipinski definition) is 10. The van der Waals surface area contributed by atoms with E-state index < -0.39 is 17.8 Å². The maximum Gasteiger partial charge on any atom is 0.335 e. The molecule has 2 N–H and O–H groups in total. The highest BCUT2D eigenvalue weighted by Gasteiger charge is 2.28. The lowest BCUT2D eigenvalue weighted by molar-refractivity contribution is 0.0686. The van der Waals surface area contributed by atoms with Crippen LogP contribution in [0.2, 0.25) is 0 Å². The summed E-state index contributed by atoms with van der Waals surface area (Å²) in [6, 6.07) is 33.5. The van der Waals surface area contributed by atoms with Crippen molar-refractivity contribution in [3.63, 3.8) is 0 Å². The van der Waals surface area contributed by atoms with E-state index in [-0.39, 0.29) is 22.8 Å². The molecule has 2 aliphatic rings. The van der Waals surface area contributed by atoms with E-state index in [2.05, 4.69) is 0 Å². The number of furan rings is 1. The topological polar surface area (TPSA) is 155 Å². The maximum atomic E-state index is 14.2. The van der Waals surface area contributed by atoms with Gasteiger partial charge < -0.3 is 29.2 Å². The first-order valence-corrected chi connectivity index (χ1v) is 20.2. The Hall–Kier alpha value is -8.33. The number of rotatable bonds is 6. The van der Waals surface area contributed by atoms with E-state index in [9.17, 15) is 33.0 Å². The van der Waals surface area contributed by atoms with Crippen molar-refractivity contribution in [2.75, 3.05) is 29.5 Å². The monoisotopic (exact) mass is 858 g/mol. The molecule has 0 radical (unpaired) electrons. The van der Waals surface area contributed by atoms with E-state index in [4.69, 9.17) is 29.1 Å². The fraction of sp³-hybridized carbons (Fsp3) is 0.102. The predicted octanol–water partition coefficient (Wildman–Crippen LogP) is 10.8. The number of nitrogens with zero attached hydrogens (tertiary/aromatic N) is 6. The van der Waals surface area contributed by atoms with Gasteiger partial charge in [0.25, 0.3) is 0 Å². The molecule has 11 rings (SSSR count). The Morgan fingerprint density at radius 3 is 1.88 bits per heavy atom. The minimum Gasteiger partial charge on any atom is -0.490 e. The highest BCUT2D eigenvalue weighted by Crippen LogP contribution is 2.42. The molecule has 316 valence electrons. The molecular weight excluding hydrogens is 826 g/mol. The van der Waals surface area contributed by atoms with Crippen molar-refractivity contribution in [1.29, 1.82) is 0 Å². The smallest absolute Gasteiger partial charge is 0.335 e. The number of aryl methyl sites for hydroxylation is 1. The van der Waals surface area contributed by atoms with Crippen LogP contribution >= 0.6 is 0 Å². The molecule has 0 aliphatic carbocycles. The van der Waals surface area contributed by atoms with Crippen molar-refractivity contribution in [1.82, 2.24) is 19.9 Å². The van der Waals surface area contributed by atoms with Gasteiger partial charge in [-0.25, -0.2) is 42.7 Å². The lowest BCUT2D eigenvalue weighted by atomic mass is 10.0. The summed E-state index contributed by atoms with van der Waals surface area (Å²) in [5.41, 5.74) is 6.67. The summed E-state index contributed by atoms with van der Waals surface area (Å²) in [5.74, 6) is -1.30. The molecule has 0 fully saturated rings. The zero-order valence-corrected chi connectivity index (χ0v) is 33.5. The van der Waals surface area contributed by atoms with Crippen LogP contribution in [0, 0.1) is 17.5 Å². The molecule has 0 unspecified atom stereocenters. The number of aromatic nitrogens is 4. The van der Waals surface area contributed by atoms with Crippen LogP contribution < -0.4 is 14.5 Å². The molecule has 5 heterocycles. The quantitative estimate of drug-likeness (QED) is 0.163. The predicted molar refractivity (Wildman–Crippen MR) is 234 cm³/mol. The number of anilines is 4. The van der Waals surface area contributed by atoms with Gasteiger partial charge in [0, 0.05) is 29.2 Å². The highest BCUT2D eigenvalue weighted by molar-refractivity contribution is 5.96. The molecule has 0 saturated carbocycles. The van der Waals surface area contributed by atoms with Gasteiger partial charge in [-0.15, -0.1) is 0 Å². The minimum atomic E-state index is -1.08. The second-order valence-electron chi connectivity index (χ2n) is 15.1. The lowest BCUT2D eigenvalue weighted by Crippen LogP contribution is -2.30. The molecule has 0 bridgehead atoms. The van der Waals surface area contributed by atoms with Crippen LogP contribution in [-0.2, 0) is 6.42 Å². The van der Waals surface area contributed by atoms with E-state index in [1.54, 1.807) is 41.3 Å². The molecule has 9 aromatic rings. The lowest BCUT2D eigenvalue weighted by Gasteiger charge is -2.31. The van der Waals surface area contributed by atoms with Crippen LogP contribution in [0.4, 0.5) is 36.2 Å². The first kappa shape index (κ1) is 39.8. The molecule has 0 saturated heterocycles. The summed E-state index contributed by atoms with van der Waals surface area (Å²) in [7, 11) is 0. The minimum absolute atomic E-state index is 0.0794. The average Bonchev–Trinajstić information content (AvgIpc) is 3.75. The molecule has 0 spiro atoms. The number of carbonyl (C=O) groups is 2. The third-order valence-electron chi connectivity index (χ3n) is 11.0. The zero-order chi connectivity index (χ0) is 44.1. The summed E-state index contributed by atoms with van der Waals surface area (Å²) in [5, 5.41) is 19.7. The number of halogens is 3. The van der Waals surface area contributed by atoms with Crippen molar-refractivity contribution in [3.8, 4) is 28.5 Å². The molecule has 0 atom stereocenters. The van der Waals surface area contributed by atoms with Crippen LogP contribution in [0.5, 0.6) is 5.75 Å². The Labute approximate surface area is 361 Å². The molecule has 2 aliphatic heterocycles. The van der Waals surface area contributed by atoms with Crippen LogP contribution in [0.15, 0.2) is 132 Å². The second kappa shape index (κ2) is 16.2. The Bertz CT molecular complexity index is 3290. The first-order valence-electron chi connectivity index (χ1n) is 20.2. The zero-order valence-electron chi connectivity index (χ0n) is 33.5. The standard InChI is InChI=1S/C26H18FN3O3.C23H15F2N3O3/c27-18-9-7-15-5-3-11-30(21(15)14-18)25-24(23-13-16-4-1-2-6-22(16)33-23)28-19-10-8-17(26(31)32)12-20(19)29-25;24-15-4-1-13(2-5-15)21-22(27-18-11-14(23(29)30)3-7-17(18)26-21)28-9-10-31-20-8-6-16(25)12-19(20)28/h1-2,4,6-10,12-14H,3,5,11H2,(H,31,32);1-8,11-12H,9-10H2,(H,29,30). The molecule has 64 heavy (non-hydrogen) atoms. The number of ether oxygens (including phenoxy) is 1. The van der Waals surface area contributed by atoms with Gasteiger partial charge in [0.1, 0.15) is 46.8 Å². The third kappa shape index (κ3) is 7.52. The van der Waals surface area contributed by atoms with Gasteiger partial charge in [-0.3, -0.25) is 0 Å². The largest absolute Gasteiger partial charge is 0.490 e. The van der Waals surface area contributed by atoms with Crippen molar-refractivity contribution in [2.24, 2.45) is 0 Å². The van der Waals surface area contributed by atoms with Gasteiger partial charge in [0.05, 0.1) is 45.4 Å². The summed E-state index contributed by atoms with van der Waals surface area (Å²) < 4.78 is 53.5. The van der Waals surface area contributed by atoms with Crippen molar-refractivity contribution in [3.05, 3.63) is 162 Å². The number of carboxylic acid groups (broad SMARTS) is 2. The summed E-state index contributed by atoms with van der Waals surface area (Å²) in [4.78, 5) is 45.7. The summed E-state index contributed by atoms with van der Waals surface area (Å²) in [6.07, 6.45) is 1.71. The van der Waals surface area contributed by atoms with Crippen LogP contribution in [-0.4, -0.2) is 61.8 Å². The van der Waals surface area contributed by atoms with Crippen molar-refractivity contribution in [2.45, 2.75) is 12.8 Å². The van der Waals surface area contributed by atoms with Crippen LogP contribution in [0.1, 0.15) is 32.7 Å².